The quantitative estimate of drug-likeness (QED) is 0.442. The van der Waals surface area contributed by atoms with Crippen LogP contribution in [0.4, 0.5) is 0 Å². The lowest BCUT2D eigenvalue weighted by Gasteiger charge is -2.08. The van der Waals surface area contributed by atoms with Gasteiger partial charge in [0.05, 0.1) is 5.36 Å². The molecule has 0 amide bonds. The van der Waals surface area contributed by atoms with Crippen molar-refractivity contribution in [1.29, 1.82) is 0 Å². The first-order chi connectivity index (χ1) is 10.1. The molecular formula is C19H20N2. The molecule has 21 heavy (non-hydrogen) atoms. The molecule has 106 valence electrons. The van der Waals surface area contributed by atoms with Crippen LogP contribution in [0.5, 0.6) is 0 Å². The molecule has 0 spiro atoms. The summed E-state index contributed by atoms with van der Waals surface area (Å²) < 4.78 is 4.33. The third-order valence-electron chi connectivity index (χ3n) is 3.70. The fourth-order valence-corrected chi connectivity index (χ4v) is 2.88. The second kappa shape index (κ2) is 5.49. The van der Waals surface area contributed by atoms with Crippen molar-refractivity contribution >= 4 is 0 Å². The van der Waals surface area contributed by atoms with Gasteiger partial charge in [0.2, 0.25) is 0 Å². The Labute approximate surface area is 124 Å². The molecule has 1 heterocycles. The normalized spacial score (nSPS) is 10.6. The van der Waals surface area contributed by atoms with Gasteiger partial charge in [0.15, 0.2) is 5.36 Å². The van der Waals surface area contributed by atoms with Gasteiger partial charge in [0.25, 0.3) is 0 Å². The van der Waals surface area contributed by atoms with Crippen molar-refractivity contribution in [3.63, 3.8) is 0 Å². The van der Waals surface area contributed by atoms with Crippen LogP contribution in [0.25, 0.3) is 0 Å². The molecule has 0 aliphatic rings. The molecule has 3 rings (SSSR count). The van der Waals surface area contributed by atoms with Gasteiger partial charge in [-0.25, -0.2) is 8.49 Å². The molecule has 2 heteroatoms. The van der Waals surface area contributed by atoms with Crippen molar-refractivity contribution in [1.82, 2.24) is 0 Å². The summed E-state index contributed by atoms with van der Waals surface area (Å²) in [6, 6.07) is 16.9. The largest absolute Gasteiger partial charge is 0.341 e. The number of rotatable bonds is 0. The van der Waals surface area contributed by atoms with E-state index in [0.29, 0.717) is 0 Å². The number of nitrogens with zero attached hydrogens (tertiary/aromatic N) is 2. The van der Waals surface area contributed by atoms with E-state index < -0.39 is 0 Å². The molecule has 0 bridgehead atoms. The van der Waals surface area contributed by atoms with E-state index in [9.17, 15) is 0 Å². The van der Waals surface area contributed by atoms with Crippen LogP contribution in [0.3, 0.4) is 0 Å². The zero-order chi connectivity index (χ0) is 14.8. The molecule has 2 aromatic carbocycles. The minimum atomic E-state index is 1.15. The first kappa shape index (κ1) is 13.5. The summed E-state index contributed by atoms with van der Waals surface area (Å²) in [5.41, 5.74) is 3.91. The van der Waals surface area contributed by atoms with Crippen LogP contribution in [0, 0.1) is 31.5 Å². The Kier molecular flexibility index (Phi) is 3.53. The highest BCUT2D eigenvalue weighted by atomic mass is 15.0. The van der Waals surface area contributed by atoms with E-state index in [1.165, 1.54) is 22.0 Å². The zero-order valence-electron chi connectivity index (χ0n) is 12.7. The molecule has 0 fully saturated rings. The van der Waals surface area contributed by atoms with Crippen LogP contribution in [0.15, 0.2) is 67.3 Å². The summed E-state index contributed by atoms with van der Waals surface area (Å²) in [6.45, 7) is 6.48. The summed E-state index contributed by atoms with van der Waals surface area (Å²) in [5.74, 6) is 0. The summed E-state index contributed by atoms with van der Waals surface area (Å²) in [7, 11) is 0. The van der Waals surface area contributed by atoms with E-state index in [-0.39, 0.29) is 0 Å². The zero-order valence-corrected chi connectivity index (χ0v) is 12.7. The van der Waals surface area contributed by atoms with E-state index in [1.807, 2.05) is 12.1 Å². The minimum absolute atomic E-state index is 1.15. The Morgan fingerprint density at radius 1 is 0.857 bits per heavy atom. The molecule has 0 radical (unpaired) electrons. The molecule has 0 aliphatic carbocycles. The van der Waals surface area contributed by atoms with Gasteiger partial charge < -0.3 is 0 Å². The predicted molar refractivity (Wildman–Crippen MR) is 82.4 cm³/mol. The van der Waals surface area contributed by atoms with Gasteiger partial charge in [-0.05, 0) is 12.1 Å². The fourth-order valence-electron chi connectivity index (χ4n) is 2.88. The maximum Gasteiger partial charge on any atom is 0.341 e. The summed E-state index contributed by atoms with van der Waals surface area (Å²) >= 11 is 0. The summed E-state index contributed by atoms with van der Waals surface area (Å²) in [4.78, 5) is 0. The van der Waals surface area contributed by atoms with E-state index in [2.05, 4.69) is 84.4 Å². The molecule has 3 aromatic rings. The number of aryl methyl sites for hydroxylation is 3. The lowest BCUT2D eigenvalue weighted by atomic mass is 10.1. The van der Waals surface area contributed by atoms with E-state index in [4.69, 9.17) is 0 Å². The van der Waals surface area contributed by atoms with Gasteiger partial charge in [0, 0.05) is 0 Å². The standard InChI is InChI=1S/C19H20N2/c1-15-12-16(2)19(17(3)13-15)21-11-10-20(14-21)18-8-6-4-5-7-9-18/h4-14H,1-3H3. The van der Waals surface area contributed by atoms with Crippen molar-refractivity contribution in [3.8, 4) is 0 Å². The van der Waals surface area contributed by atoms with Gasteiger partial charge in [-0.15, -0.1) is 11.1 Å². The summed E-state index contributed by atoms with van der Waals surface area (Å²) in [6.07, 6.45) is 6.33. The van der Waals surface area contributed by atoms with Crippen molar-refractivity contribution in [3.05, 3.63) is 94.7 Å². The first-order valence-electron chi connectivity index (χ1n) is 7.21. The Morgan fingerprint density at radius 2 is 1.43 bits per heavy atom. The number of imidazole rings is 1. The molecule has 0 unspecified atom stereocenters. The lowest BCUT2D eigenvalue weighted by Crippen LogP contribution is -2.22. The third-order valence-corrected chi connectivity index (χ3v) is 3.70. The number of benzene rings is 1. The Bertz CT molecular complexity index is 927. The highest BCUT2D eigenvalue weighted by Crippen LogP contribution is 2.08. The van der Waals surface area contributed by atoms with E-state index >= 15 is 0 Å². The maximum absolute atomic E-state index is 2.23. The van der Waals surface area contributed by atoms with Crippen LogP contribution in [-0.4, -0.2) is 0 Å². The van der Waals surface area contributed by atoms with Crippen LogP contribution < -0.4 is 8.49 Å². The average molecular weight is 276 g/mol. The van der Waals surface area contributed by atoms with Crippen LogP contribution in [-0.2, 0) is 0 Å². The number of hydrogen-bond donors (Lipinski definition) is 0. The molecule has 0 atom stereocenters. The van der Waals surface area contributed by atoms with Crippen molar-refractivity contribution in [2.45, 2.75) is 20.8 Å². The van der Waals surface area contributed by atoms with Crippen molar-refractivity contribution < 1.29 is 8.49 Å². The van der Waals surface area contributed by atoms with Gasteiger partial charge in [0.1, 0.15) is 12.4 Å². The molecular weight excluding hydrogens is 256 g/mol. The average Bonchev–Trinajstić information content (AvgIpc) is 2.72. The fraction of sp³-hybridized carbons (Fsp3) is 0.158. The molecule has 1 aromatic heterocycles. The van der Waals surface area contributed by atoms with Gasteiger partial charge in [-0.1, -0.05) is 45.0 Å². The lowest BCUT2D eigenvalue weighted by molar-refractivity contribution is -0.617. The Balaban J connectivity index is 2.45. The molecule has 0 saturated heterocycles. The van der Waals surface area contributed by atoms with Crippen molar-refractivity contribution in [2.24, 2.45) is 0 Å². The topological polar surface area (TPSA) is 11.8 Å². The molecule has 0 aliphatic heterocycles. The van der Waals surface area contributed by atoms with Gasteiger partial charge >= 0.3 is 6.33 Å². The van der Waals surface area contributed by atoms with Gasteiger partial charge in [-0.2, -0.15) is 17.7 Å². The number of aromatic nitrogens is 2. The summed E-state index contributed by atoms with van der Waals surface area (Å²) in [5, 5.41) is 2.42. The van der Waals surface area contributed by atoms with Crippen LogP contribution >= 0.6 is 0 Å². The Morgan fingerprint density at radius 3 is 2.05 bits per heavy atom. The molecule has 0 saturated carbocycles. The molecule has 2 nitrogen and oxygen atoms in total. The SMILES string of the molecule is Cc1c[c-](C)cc(C)c1=[n+]1cc[n+](=c2cccccc2)[cH-]1. The monoisotopic (exact) mass is 276 g/mol. The number of hydrogen-bond acceptors (Lipinski definition) is 0. The van der Waals surface area contributed by atoms with Crippen molar-refractivity contribution in [2.75, 3.05) is 0 Å². The van der Waals surface area contributed by atoms with Crippen LogP contribution in [0.1, 0.15) is 16.7 Å². The van der Waals surface area contributed by atoms with Gasteiger partial charge in [-0.3, -0.25) is 0 Å². The van der Waals surface area contributed by atoms with E-state index in [1.54, 1.807) is 0 Å². The minimum Gasteiger partial charge on any atom is -0.231 e. The Hall–Kier alpha value is -2.48. The van der Waals surface area contributed by atoms with Crippen LogP contribution in [0.2, 0.25) is 0 Å². The smallest absolute Gasteiger partial charge is 0.231 e. The third kappa shape index (κ3) is 2.70. The first-order valence-corrected chi connectivity index (χ1v) is 7.21. The maximum atomic E-state index is 2.23. The molecule has 0 N–H and O–H groups in total. The predicted octanol–water partition coefficient (Wildman–Crippen LogP) is 2.79. The second-order valence-electron chi connectivity index (χ2n) is 5.50. The highest BCUT2D eigenvalue weighted by molar-refractivity contribution is 5.27. The second-order valence-corrected chi connectivity index (χ2v) is 5.50. The highest BCUT2D eigenvalue weighted by Gasteiger charge is 1.96. The van der Waals surface area contributed by atoms with E-state index in [0.717, 1.165) is 5.36 Å².